The molecule has 0 radical (unpaired) electrons. The Bertz CT molecular complexity index is 372. The van der Waals surface area contributed by atoms with Gasteiger partial charge in [0, 0.05) is 6.04 Å². The van der Waals surface area contributed by atoms with Gasteiger partial charge in [-0.2, -0.15) is 4.31 Å². The third kappa shape index (κ3) is 3.68. The Hall–Kier alpha value is -0.620. The van der Waals surface area contributed by atoms with Crippen LogP contribution in [-0.4, -0.2) is 43.1 Å². The Labute approximate surface area is 110 Å². The number of hydrogen-bond acceptors (Lipinski definition) is 4. The smallest absolute Gasteiger partial charge is 0.321 e. The fourth-order valence-electron chi connectivity index (χ4n) is 2.28. The van der Waals surface area contributed by atoms with Crippen molar-refractivity contribution in [2.45, 2.75) is 57.7 Å². The summed E-state index contributed by atoms with van der Waals surface area (Å²) < 4.78 is 31.0. The Kier molecular flexibility index (Phi) is 5.59. The highest BCUT2D eigenvalue weighted by Crippen LogP contribution is 2.28. The van der Waals surface area contributed by atoms with Gasteiger partial charge in [0.2, 0.25) is 10.0 Å². The first-order chi connectivity index (χ1) is 8.39. The molecule has 0 saturated heterocycles. The predicted molar refractivity (Wildman–Crippen MR) is 69.7 cm³/mol. The van der Waals surface area contributed by atoms with Crippen LogP contribution in [0, 0.1) is 0 Å². The highest BCUT2D eigenvalue weighted by atomic mass is 32.2. The number of nitrogens with zero attached hydrogens (tertiary/aromatic N) is 1. The second-order valence-corrected chi connectivity index (χ2v) is 7.06. The average molecular weight is 277 g/mol. The van der Waals surface area contributed by atoms with E-state index >= 15 is 0 Å². The summed E-state index contributed by atoms with van der Waals surface area (Å²) in [6.07, 6.45) is 3.31. The highest BCUT2D eigenvalue weighted by molar-refractivity contribution is 7.89. The first-order valence-corrected chi connectivity index (χ1v) is 8.06. The van der Waals surface area contributed by atoms with Crippen molar-refractivity contribution in [1.29, 1.82) is 0 Å². The van der Waals surface area contributed by atoms with Crippen LogP contribution in [0.1, 0.15) is 46.5 Å². The van der Waals surface area contributed by atoms with E-state index < -0.39 is 16.0 Å². The van der Waals surface area contributed by atoms with Crippen LogP contribution in [0.4, 0.5) is 0 Å². The Balaban J connectivity index is 2.80. The van der Waals surface area contributed by atoms with Gasteiger partial charge in [0.25, 0.3) is 0 Å². The molecule has 106 valence electrons. The van der Waals surface area contributed by atoms with Crippen LogP contribution >= 0.6 is 0 Å². The standard InChI is InChI=1S/C12H23NO4S/c1-4-17-12(14)9-13(10(2)3)18(15,16)11-7-5-6-8-11/h10-11H,4-9H2,1-3H3. The number of ether oxygens (including phenoxy) is 1. The molecule has 0 unspecified atom stereocenters. The van der Waals surface area contributed by atoms with Gasteiger partial charge in [-0.05, 0) is 33.6 Å². The van der Waals surface area contributed by atoms with Crippen LogP contribution < -0.4 is 0 Å². The average Bonchev–Trinajstić information content (AvgIpc) is 2.79. The van der Waals surface area contributed by atoms with Crippen molar-refractivity contribution in [3.63, 3.8) is 0 Å². The zero-order valence-electron chi connectivity index (χ0n) is 11.4. The second-order valence-electron chi connectivity index (χ2n) is 4.90. The lowest BCUT2D eigenvalue weighted by molar-refractivity contribution is -0.143. The van der Waals surface area contributed by atoms with Crippen molar-refractivity contribution < 1.29 is 17.9 Å². The zero-order chi connectivity index (χ0) is 13.8. The molecule has 0 aliphatic heterocycles. The van der Waals surface area contributed by atoms with Gasteiger partial charge in [0.05, 0.1) is 11.9 Å². The molecule has 18 heavy (non-hydrogen) atoms. The number of esters is 1. The summed E-state index contributed by atoms with van der Waals surface area (Å²) in [5.41, 5.74) is 0. The molecule has 0 aromatic rings. The van der Waals surface area contributed by atoms with Crippen molar-refractivity contribution >= 4 is 16.0 Å². The molecule has 0 amide bonds. The minimum Gasteiger partial charge on any atom is -0.465 e. The Morgan fingerprint density at radius 1 is 1.33 bits per heavy atom. The Morgan fingerprint density at radius 3 is 2.33 bits per heavy atom. The summed E-state index contributed by atoms with van der Waals surface area (Å²) in [5.74, 6) is -0.479. The first-order valence-electron chi connectivity index (χ1n) is 6.55. The van der Waals surface area contributed by atoms with E-state index in [9.17, 15) is 13.2 Å². The molecule has 1 rings (SSSR count). The minimum atomic E-state index is -3.38. The molecule has 1 aliphatic rings. The van der Waals surface area contributed by atoms with Crippen LogP contribution in [0.2, 0.25) is 0 Å². The van der Waals surface area contributed by atoms with Gasteiger partial charge in [0.15, 0.2) is 0 Å². The zero-order valence-corrected chi connectivity index (χ0v) is 12.2. The van der Waals surface area contributed by atoms with E-state index in [1.54, 1.807) is 20.8 Å². The number of hydrogen-bond donors (Lipinski definition) is 0. The fraction of sp³-hybridized carbons (Fsp3) is 0.917. The van der Waals surface area contributed by atoms with Gasteiger partial charge in [-0.25, -0.2) is 8.42 Å². The van der Waals surface area contributed by atoms with E-state index in [0.29, 0.717) is 12.8 Å². The first kappa shape index (κ1) is 15.4. The van der Waals surface area contributed by atoms with Gasteiger partial charge >= 0.3 is 5.97 Å². The quantitative estimate of drug-likeness (QED) is 0.691. The molecule has 1 saturated carbocycles. The van der Waals surface area contributed by atoms with Crippen LogP contribution in [0.5, 0.6) is 0 Å². The molecule has 5 nitrogen and oxygen atoms in total. The van der Waals surface area contributed by atoms with Gasteiger partial charge in [-0.15, -0.1) is 0 Å². The highest BCUT2D eigenvalue weighted by Gasteiger charge is 2.36. The summed E-state index contributed by atoms with van der Waals surface area (Å²) in [6, 6.07) is -0.222. The minimum absolute atomic E-state index is 0.176. The molecule has 0 aromatic heterocycles. The van der Waals surface area contributed by atoms with Crippen LogP contribution in [0.25, 0.3) is 0 Å². The van der Waals surface area contributed by atoms with Crippen LogP contribution in [0.15, 0.2) is 0 Å². The molecule has 1 fully saturated rings. The molecule has 0 N–H and O–H groups in total. The monoisotopic (exact) mass is 277 g/mol. The molecule has 1 aliphatic carbocycles. The Morgan fingerprint density at radius 2 is 1.89 bits per heavy atom. The lowest BCUT2D eigenvalue weighted by Gasteiger charge is -2.27. The third-order valence-electron chi connectivity index (χ3n) is 3.22. The summed E-state index contributed by atoms with van der Waals surface area (Å²) in [5, 5.41) is -0.325. The normalized spacial score (nSPS) is 17.6. The van der Waals surface area contributed by atoms with E-state index in [0.717, 1.165) is 12.8 Å². The number of rotatable bonds is 6. The van der Waals surface area contributed by atoms with Crippen molar-refractivity contribution in [1.82, 2.24) is 4.31 Å². The summed E-state index contributed by atoms with van der Waals surface area (Å²) in [6.45, 7) is 5.37. The third-order valence-corrected chi connectivity index (χ3v) is 5.73. The maximum Gasteiger partial charge on any atom is 0.321 e. The van der Waals surface area contributed by atoms with E-state index in [1.807, 2.05) is 0 Å². The van der Waals surface area contributed by atoms with Crippen molar-refractivity contribution in [2.24, 2.45) is 0 Å². The molecule has 0 bridgehead atoms. The second kappa shape index (κ2) is 6.52. The SMILES string of the molecule is CCOC(=O)CN(C(C)C)S(=O)(=O)C1CCCC1. The number of carbonyl (C=O) groups is 1. The molecular weight excluding hydrogens is 254 g/mol. The van der Waals surface area contributed by atoms with E-state index in [1.165, 1.54) is 4.31 Å². The summed E-state index contributed by atoms with van der Waals surface area (Å²) in [7, 11) is -3.38. The fourth-order valence-corrected chi connectivity index (χ4v) is 4.46. The van der Waals surface area contributed by atoms with Gasteiger partial charge in [0.1, 0.15) is 6.54 Å². The summed E-state index contributed by atoms with van der Waals surface area (Å²) >= 11 is 0. The molecule has 6 heteroatoms. The van der Waals surface area contributed by atoms with Gasteiger partial charge < -0.3 is 4.74 Å². The topological polar surface area (TPSA) is 63.7 Å². The van der Waals surface area contributed by atoms with Gasteiger partial charge in [-0.3, -0.25) is 4.79 Å². The van der Waals surface area contributed by atoms with Crippen molar-refractivity contribution in [3.8, 4) is 0 Å². The van der Waals surface area contributed by atoms with Gasteiger partial charge in [-0.1, -0.05) is 12.8 Å². The maximum absolute atomic E-state index is 12.4. The molecular formula is C12H23NO4S. The molecule has 0 heterocycles. The van der Waals surface area contributed by atoms with Crippen LogP contribution in [0.3, 0.4) is 0 Å². The number of carbonyl (C=O) groups excluding carboxylic acids is 1. The lowest BCUT2D eigenvalue weighted by atomic mass is 10.4. The summed E-state index contributed by atoms with van der Waals surface area (Å²) in [4.78, 5) is 11.5. The van der Waals surface area contributed by atoms with E-state index in [4.69, 9.17) is 4.74 Å². The molecule has 0 spiro atoms. The van der Waals surface area contributed by atoms with Crippen molar-refractivity contribution in [3.05, 3.63) is 0 Å². The predicted octanol–water partition coefficient (Wildman–Crippen LogP) is 1.53. The van der Waals surface area contributed by atoms with Crippen molar-refractivity contribution in [2.75, 3.05) is 13.2 Å². The molecule has 0 aromatic carbocycles. The largest absolute Gasteiger partial charge is 0.465 e. The maximum atomic E-state index is 12.4. The molecule has 0 atom stereocenters. The van der Waals surface area contributed by atoms with E-state index in [-0.39, 0.29) is 24.4 Å². The number of sulfonamides is 1. The van der Waals surface area contributed by atoms with Crippen LogP contribution in [-0.2, 0) is 19.6 Å². The lowest BCUT2D eigenvalue weighted by Crippen LogP contribution is -2.45. The van der Waals surface area contributed by atoms with E-state index in [2.05, 4.69) is 0 Å².